The van der Waals surface area contributed by atoms with Gasteiger partial charge in [0.15, 0.2) is 16.3 Å². The second kappa shape index (κ2) is 5.30. The summed E-state index contributed by atoms with van der Waals surface area (Å²) in [5, 5.41) is 6.80. The van der Waals surface area contributed by atoms with Gasteiger partial charge in [-0.15, -0.1) is 0 Å². The molecule has 0 bridgehead atoms. The second-order valence-corrected chi connectivity index (χ2v) is 4.07. The number of aryl methyl sites for hydroxylation is 1. The molecule has 0 amide bonds. The van der Waals surface area contributed by atoms with Gasteiger partial charge in [0, 0.05) is 12.5 Å². The molecule has 0 unspecified atom stereocenters. The Labute approximate surface area is 109 Å². The van der Waals surface area contributed by atoms with E-state index < -0.39 is 5.82 Å². The van der Waals surface area contributed by atoms with Crippen LogP contribution in [0, 0.1) is 10.6 Å². The van der Waals surface area contributed by atoms with Crippen LogP contribution in [-0.2, 0) is 6.42 Å². The van der Waals surface area contributed by atoms with Crippen LogP contribution in [0.25, 0.3) is 5.69 Å². The average molecular weight is 267 g/mol. The normalized spacial score (nSPS) is 10.6. The highest BCUT2D eigenvalue weighted by atomic mass is 32.1. The molecule has 0 aliphatic rings. The summed E-state index contributed by atoms with van der Waals surface area (Å²) < 4.78 is 21.1. The minimum Gasteiger partial charge on any atom is -0.491 e. The van der Waals surface area contributed by atoms with Crippen LogP contribution in [0.4, 0.5) is 4.39 Å². The minimum absolute atomic E-state index is 0.245. The largest absolute Gasteiger partial charge is 0.491 e. The maximum absolute atomic E-state index is 13.8. The van der Waals surface area contributed by atoms with Crippen LogP contribution in [0.1, 0.15) is 19.7 Å². The zero-order valence-electron chi connectivity index (χ0n) is 10.2. The maximum Gasteiger partial charge on any atom is 0.199 e. The number of hydrogen-bond donors (Lipinski definition) is 1. The monoisotopic (exact) mass is 267 g/mol. The number of aromatic nitrogens is 3. The van der Waals surface area contributed by atoms with Crippen LogP contribution >= 0.6 is 12.2 Å². The minimum atomic E-state index is -0.403. The summed E-state index contributed by atoms with van der Waals surface area (Å²) in [6.07, 6.45) is 0.710. The highest BCUT2D eigenvalue weighted by molar-refractivity contribution is 7.71. The second-order valence-electron chi connectivity index (χ2n) is 3.68. The average Bonchev–Trinajstić information content (AvgIpc) is 2.73. The first-order valence-electron chi connectivity index (χ1n) is 5.76. The van der Waals surface area contributed by atoms with Gasteiger partial charge in [-0.2, -0.15) is 5.10 Å². The van der Waals surface area contributed by atoms with Crippen molar-refractivity contribution in [2.24, 2.45) is 0 Å². The summed E-state index contributed by atoms with van der Waals surface area (Å²) >= 11 is 5.14. The van der Waals surface area contributed by atoms with E-state index >= 15 is 0 Å². The predicted octanol–water partition coefficient (Wildman–Crippen LogP) is 3.03. The molecule has 1 aromatic heterocycles. The van der Waals surface area contributed by atoms with E-state index in [0.29, 0.717) is 23.5 Å². The lowest BCUT2D eigenvalue weighted by molar-refractivity contribution is 0.321. The zero-order valence-corrected chi connectivity index (χ0v) is 11.1. The molecular formula is C12H14FN3OS. The van der Waals surface area contributed by atoms with Crippen molar-refractivity contribution >= 4 is 12.2 Å². The summed E-state index contributed by atoms with van der Waals surface area (Å²) in [6, 6.07) is 4.76. The Kier molecular flexibility index (Phi) is 3.76. The molecule has 0 aliphatic carbocycles. The standard InChI is InChI=1S/C12H14FN3OS/c1-3-11-14-15-12(18)16(11)8-5-6-10(17-4-2)9(13)7-8/h5-7H,3-4H2,1-2H3,(H,15,18). The molecule has 6 heteroatoms. The van der Waals surface area contributed by atoms with Crippen LogP contribution in [0.3, 0.4) is 0 Å². The fourth-order valence-corrected chi connectivity index (χ4v) is 1.99. The third-order valence-corrected chi connectivity index (χ3v) is 2.81. The topological polar surface area (TPSA) is 42.8 Å². The summed E-state index contributed by atoms with van der Waals surface area (Å²) in [6.45, 7) is 4.21. The Morgan fingerprint density at radius 2 is 2.22 bits per heavy atom. The number of ether oxygens (including phenoxy) is 1. The molecule has 0 saturated carbocycles. The number of nitrogens with one attached hydrogen (secondary N) is 1. The molecule has 2 rings (SSSR count). The molecule has 0 saturated heterocycles. The molecule has 4 nitrogen and oxygen atoms in total. The van der Waals surface area contributed by atoms with E-state index in [4.69, 9.17) is 17.0 Å². The van der Waals surface area contributed by atoms with Gasteiger partial charge in [0.25, 0.3) is 0 Å². The fraction of sp³-hybridized carbons (Fsp3) is 0.333. The van der Waals surface area contributed by atoms with Crippen LogP contribution in [0.2, 0.25) is 0 Å². The summed E-state index contributed by atoms with van der Waals surface area (Å²) in [5.74, 6) is 0.609. The number of nitrogens with zero attached hydrogens (tertiary/aromatic N) is 2. The predicted molar refractivity (Wildman–Crippen MR) is 69.3 cm³/mol. The van der Waals surface area contributed by atoms with Crippen molar-refractivity contribution in [3.63, 3.8) is 0 Å². The van der Waals surface area contributed by atoms with Crippen LogP contribution in [0.5, 0.6) is 5.75 Å². The molecule has 0 fully saturated rings. The first kappa shape index (κ1) is 12.8. The SMILES string of the molecule is CCOc1ccc(-n2c(CC)n[nH]c2=S)cc1F. The Balaban J connectivity index is 2.48. The highest BCUT2D eigenvalue weighted by Crippen LogP contribution is 2.21. The van der Waals surface area contributed by atoms with Crippen molar-refractivity contribution in [3.8, 4) is 11.4 Å². The van der Waals surface area contributed by atoms with Gasteiger partial charge in [0.2, 0.25) is 0 Å². The Bertz CT molecular complexity index is 606. The Morgan fingerprint density at radius 3 is 2.83 bits per heavy atom. The quantitative estimate of drug-likeness (QED) is 0.866. The van der Waals surface area contributed by atoms with E-state index in [2.05, 4.69) is 10.2 Å². The van der Waals surface area contributed by atoms with Gasteiger partial charge < -0.3 is 4.74 Å². The van der Waals surface area contributed by atoms with Crippen molar-refractivity contribution in [2.75, 3.05) is 6.61 Å². The number of H-pyrrole nitrogens is 1. The van der Waals surface area contributed by atoms with Crippen molar-refractivity contribution in [3.05, 3.63) is 34.6 Å². The molecule has 0 radical (unpaired) electrons. The molecule has 1 aromatic carbocycles. The number of aromatic amines is 1. The maximum atomic E-state index is 13.8. The van der Waals surface area contributed by atoms with E-state index in [1.165, 1.54) is 6.07 Å². The van der Waals surface area contributed by atoms with Crippen molar-refractivity contribution in [2.45, 2.75) is 20.3 Å². The molecule has 0 aliphatic heterocycles. The smallest absolute Gasteiger partial charge is 0.199 e. The van der Waals surface area contributed by atoms with Crippen molar-refractivity contribution < 1.29 is 9.13 Å². The number of rotatable bonds is 4. The third-order valence-electron chi connectivity index (χ3n) is 2.53. The number of hydrogen-bond acceptors (Lipinski definition) is 3. The Morgan fingerprint density at radius 1 is 1.44 bits per heavy atom. The summed E-state index contributed by atoms with van der Waals surface area (Å²) in [5.41, 5.74) is 0.645. The van der Waals surface area contributed by atoms with Crippen molar-refractivity contribution in [1.29, 1.82) is 0 Å². The van der Waals surface area contributed by atoms with E-state index in [1.54, 1.807) is 16.7 Å². The molecule has 1 N–H and O–H groups in total. The summed E-state index contributed by atoms with van der Waals surface area (Å²) in [4.78, 5) is 0. The van der Waals surface area contributed by atoms with Crippen LogP contribution < -0.4 is 4.74 Å². The molecule has 1 heterocycles. The molecule has 2 aromatic rings. The van der Waals surface area contributed by atoms with E-state index in [-0.39, 0.29) is 5.75 Å². The summed E-state index contributed by atoms with van der Waals surface area (Å²) in [7, 11) is 0. The molecule has 0 spiro atoms. The van der Waals surface area contributed by atoms with E-state index in [1.807, 2.05) is 13.8 Å². The highest BCUT2D eigenvalue weighted by Gasteiger charge is 2.10. The van der Waals surface area contributed by atoms with Gasteiger partial charge >= 0.3 is 0 Å². The Hall–Kier alpha value is -1.69. The molecule has 96 valence electrons. The zero-order chi connectivity index (χ0) is 13.1. The molecule has 18 heavy (non-hydrogen) atoms. The van der Waals surface area contributed by atoms with Gasteiger partial charge in [0.05, 0.1) is 12.3 Å². The first-order valence-corrected chi connectivity index (χ1v) is 6.17. The van der Waals surface area contributed by atoms with Crippen molar-refractivity contribution in [1.82, 2.24) is 14.8 Å². The van der Waals surface area contributed by atoms with Crippen LogP contribution in [-0.4, -0.2) is 21.4 Å². The third kappa shape index (κ3) is 2.28. The fourth-order valence-electron chi connectivity index (χ4n) is 1.73. The van der Waals surface area contributed by atoms with E-state index in [0.717, 1.165) is 5.82 Å². The number of halogens is 1. The van der Waals surface area contributed by atoms with E-state index in [9.17, 15) is 4.39 Å². The molecule has 0 atom stereocenters. The lowest BCUT2D eigenvalue weighted by atomic mass is 10.2. The van der Waals surface area contributed by atoms with Gasteiger partial charge in [-0.3, -0.25) is 9.67 Å². The first-order chi connectivity index (χ1) is 8.67. The van der Waals surface area contributed by atoms with Gasteiger partial charge in [0.1, 0.15) is 5.82 Å². The van der Waals surface area contributed by atoms with Gasteiger partial charge in [-0.05, 0) is 31.3 Å². The lowest BCUT2D eigenvalue weighted by Gasteiger charge is -2.08. The van der Waals surface area contributed by atoms with Gasteiger partial charge in [-0.1, -0.05) is 6.92 Å². The molecular weight excluding hydrogens is 253 g/mol. The lowest BCUT2D eigenvalue weighted by Crippen LogP contribution is -2.02. The van der Waals surface area contributed by atoms with Crippen LogP contribution in [0.15, 0.2) is 18.2 Å². The number of benzene rings is 1. The van der Waals surface area contributed by atoms with Gasteiger partial charge in [-0.25, -0.2) is 4.39 Å².